The molecule has 0 saturated carbocycles. The minimum Gasteiger partial charge on any atom is -0.393 e. The highest BCUT2D eigenvalue weighted by molar-refractivity contribution is 5.65. The number of nitrogens with two attached hydrogens (primary N) is 1. The Hall–Kier alpha value is -1.79. The third-order valence-corrected chi connectivity index (χ3v) is 1.80. The minimum absolute atomic E-state index is 0.142. The molecule has 4 nitrogen and oxygen atoms in total. The molecule has 0 heterocycles. The molecule has 15 heavy (non-hydrogen) atoms. The molecule has 7 heteroatoms. The number of nitrogens with zero attached hydrogens (tertiary/aromatic N) is 1. The lowest BCUT2D eigenvalue weighted by molar-refractivity contribution is -0.384. The molecule has 0 bridgehead atoms. The molecule has 0 saturated heterocycles. The molecule has 0 fully saturated rings. The predicted molar refractivity (Wildman–Crippen MR) is 47.2 cm³/mol. The summed E-state index contributed by atoms with van der Waals surface area (Å²) < 4.78 is 37.1. The van der Waals surface area contributed by atoms with Gasteiger partial charge in [-0.2, -0.15) is 13.2 Å². The molecule has 0 unspecified atom stereocenters. The predicted octanol–water partition coefficient (Wildman–Crippen LogP) is 2.50. The SMILES string of the molecule is Cc1cc([N+](=O)[O-])c(N)c(C(F)(F)F)c1. The van der Waals surface area contributed by atoms with Gasteiger partial charge in [0.25, 0.3) is 5.69 Å². The Morgan fingerprint density at radius 2 is 1.93 bits per heavy atom. The van der Waals surface area contributed by atoms with Crippen molar-refractivity contribution in [1.82, 2.24) is 0 Å². The number of hydrogen-bond donors (Lipinski definition) is 1. The van der Waals surface area contributed by atoms with Crippen molar-refractivity contribution in [3.05, 3.63) is 33.4 Å². The molecule has 0 aromatic heterocycles. The van der Waals surface area contributed by atoms with Crippen LogP contribution in [0.15, 0.2) is 12.1 Å². The largest absolute Gasteiger partial charge is 0.418 e. The molecule has 82 valence electrons. The van der Waals surface area contributed by atoms with E-state index in [0.717, 1.165) is 12.1 Å². The molecule has 0 aliphatic heterocycles. The van der Waals surface area contributed by atoms with Gasteiger partial charge in [0.15, 0.2) is 0 Å². The van der Waals surface area contributed by atoms with Crippen LogP contribution < -0.4 is 5.73 Å². The van der Waals surface area contributed by atoms with Crippen molar-refractivity contribution in [3.63, 3.8) is 0 Å². The van der Waals surface area contributed by atoms with Crippen molar-refractivity contribution in [3.8, 4) is 0 Å². The van der Waals surface area contributed by atoms with E-state index in [9.17, 15) is 23.3 Å². The van der Waals surface area contributed by atoms with Crippen LogP contribution in [0.1, 0.15) is 11.1 Å². The Bertz CT molecular complexity index is 415. The molecule has 0 radical (unpaired) electrons. The molecule has 0 atom stereocenters. The summed E-state index contributed by atoms with van der Waals surface area (Å²) in [6.07, 6.45) is -4.68. The first-order valence-electron chi connectivity index (χ1n) is 3.85. The van der Waals surface area contributed by atoms with Gasteiger partial charge in [0, 0.05) is 6.07 Å². The number of nitro benzene ring substituents is 1. The first kappa shape index (κ1) is 11.3. The van der Waals surface area contributed by atoms with Gasteiger partial charge >= 0.3 is 6.18 Å². The number of nitro groups is 1. The van der Waals surface area contributed by atoms with E-state index < -0.39 is 28.0 Å². The van der Waals surface area contributed by atoms with E-state index in [1.807, 2.05) is 0 Å². The topological polar surface area (TPSA) is 69.2 Å². The maximum absolute atomic E-state index is 12.4. The standard InChI is InChI=1S/C8H7F3N2O2/c1-4-2-5(8(9,10)11)7(12)6(3-4)13(14)15/h2-3H,12H2,1H3. The second kappa shape index (κ2) is 3.41. The van der Waals surface area contributed by atoms with Crippen molar-refractivity contribution in [1.29, 1.82) is 0 Å². The maximum atomic E-state index is 12.4. The van der Waals surface area contributed by atoms with Gasteiger partial charge in [0.1, 0.15) is 5.69 Å². The molecule has 0 spiro atoms. The first-order chi connectivity index (χ1) is 6.73. The van der Waals surface area contributed by atoms with Gasteiger partial charge in [-0.1, -0.05) is 0 Å². The lowest BCUT2D eigenvalue weighted by Crippen LogP contribution is -2.11. The van der Waals surface area contributed by atoms with Gasteiger partial charge in [-0.05, 0) is 18.6 Å². The highest BCUT2D eigenvalue weighted by Gasteiger charge is 2.36. The van der Waals surface area contributed by atoms with E-state index in [-0.39, 0.29) is 5.56 Å². The van der Waals surface area contributed by atoms with E-state index in [1.54, 1.807) is 0 Å². The second-order valence-electron chi connectivity index (χ2n) is 3.00. The average molecular weight is 220 g/mol. The third-order valence-electron chi connectivity index (χ3n) is 1.80. The quantitative estimate of drug-likeness (QED) is 0.449. The van der Waals surface area contributed by atoms with Crippen molar-refractivity contribution in [2.45, 2.75) is 13.1 Å². The normalized spacial score (nSPS) is 11.5. The Labute approximate surface area is 82.7 Å². The molecular weight excluding hydrogens is 213 g/mol. The smallest absolute Gasteiger partial charge is 0.393 e. The monoisotopic (exact) mass is 220 g/mol. The maximum Gasteiger partial charge on any atom is 0.418 e. The van der Waals surface area contributed by atoms with Crippen LogP contribution in [0.4, 0.5) is 24.5 Å². The van der Waals surface area contributed by atoms with Crippen LogP contribution in [0.2, 0.25) is 0 Å². The van der Waals surface area contributed by atoms with E-state index in [4.69, 9.17) is 5.73 Å². The first-order valence-corrected chi connectivity index (χ1v) is 3.85. The summed E-state index contributed by atoms with van der Waals surface area (Å²) in [6, 6.07) is 1.78. The van der Waals surface area contributed by atoms with Crippen molar-refractivity contribution in [2.24, 2.45) is 0 Å². The molecule has 0 aliphatic rings. The summed E-state index contributed by atoms with van der Waals surface area (Å²) in [7, 11) is 0. The van der Waals surface area contributed by atoms with Crippen LogP contribution in [0.3, 0.4) is 0 Å². The van der Waals surface area contributed by atoms with E-state index in [1.165, 1.54) is 6.92 Å². The highest BCUT2D eigenvalue weighted by Crippen LogP contribution is 2.38. The third kappa shape index (κ3) is 2.17. The zero-order valence-corrected chi connectivity index (χ0v) is 7.63. The van der Waals surface area contributed by atoms with E-state index >= 15 is 0 Å². The van der Waals surface area contributed by atoms with E-state index in [0.29, 0.717) is 0 Å². The molecular formula is C8H7F3N2O2. The molecule has 2 N–H and O–H groups in total. The van der Waals surface area contributed by atoms with Crippen molar-refractivity contribution in [2.75, 3.05) is 5.73 Å². The molecule has 0 amide bonds. The number of benzene rings is 1. The fraction of sp³-hybridized carbons (Fsp3) is 0.250. The number of aryl methyl sites for hydroxylation is 1. The van der Waals surface area contributed by atoms with Crippen LogP contribution >= 0.6 is 0 Å². The number of rotatable bonds is 1. The zero-order chi connectivity index (χ0) is 11.8. The minimum atomic E-state index is -4.68. The summed E-state index contributed by atoms with van der Waals surface area (Å²) in [5.74, 6) is 0. The van der Waals surface area contributed by atoms with Gasteiger partial charge in [-0.3, -0.25) is 10.1 Å². The summed E-state index contributed by atoms with van der Waals surface area (Å²) in [5.41, 5.74) is 2.48. The summed E-state index contributed by atoms with van der Waals surface area (Å²) in [6.45, 7) is 1.34. The lowest BCUT2D eigenvalue weighted by Gasteiger charge is -2.10. The molecule has 1 aromatic rings. The number of alkyl halides is 3. The van der Waals surface area contributed by atoms with Crippen LogP contribution in [-0.2, 0) is 6.18 Å². The van der Waals surface area contributed by atoms with Crippen LogP contribution in [0.5, 0.6) is 0 Å². The Balaban J connectivity index is 3.49. The fourth-order valence-electron chi connectivity index (χ4n) is 1.16. The van der Waals surface area contributed by atoms with Gasteiger partial charge in [0.2, 0.25) is 0 Å². The van der Waals surface area contributed by atoms with Crippen LogP contribution in [0, 0.1) is 17.0 Å². The number of nitrogen functional groups attached to an aromatic ring is 1. The van der Waals surface area contributed by atoms with Crippen molar-refractivity contribution < 1.29 is 18.1 Å². The Morgan fingerprint density at radius 1 is 1.40 bits per heavy atom. The van der Waals surface area contributed by atoms with Gasteiger partial charge in [0.05, 0.1) is 10.5 Å². The van der Waals surface area contributed by atoms with E-state index in [2.05, 4.69) is 0 Å². The number of hydrogen-bond acceptors (Lipinski definition) is 3. The van der Waals surface area contributed by atoms with Crippen molar-refractivity contribution >= 4 is 11.4 Å². The number of halogens is 3. The Kier molecular flexibility index (Phi) is 2.57. The van der Waals surface area contributed by atoms with Gasteiger partial charge in [-0.25, -0.2) is 0 Å². The van der Waals surface area contributed by atoms with Crippen LogP contribution in [-0.4, -0.2) is 4.92 Å². The zero-order valence-electron chi connectivity index (χ0n) is 7.63. The molecule has 0 aliphatic carbocycles. The number of anilines is 1. The average Bonchev–Trinajstić information content (AvgIpc) is 2.06. The summed E-state index contributed by atoms with van der Waals surface area (Å²) in [4.78, 5) is 9.48. The molecule has 1 aromatic carbocycles. The summed E-state index contributed by atoms with van der Waals surface area (Å²) in [5, 5.41) is 10.4. The molecule has 1 rings (SSSR count). The second-order valence-corrected chi connectivity index (χ2v) is 3.00. The summed E-state index contributed by atoms with van der Waals surface area (Å²) >= 11 is 0. The van der Waals surface area contributed by atoms with Gasteiger partial charge < -0.3 is 5.73 Å². The lowest BCUT2D eigenvalue weighted by atomic mass is 10.1. The fourth-order valence-corrected chi connectivity index (χ4v) is 1.16. The highest BCUT2D eigenvalue weighted by atomic mass is 19.4. The van der Waals surface area contributed by atoms with Crippen LogP contribution in [0.25, 0.3) is 0 Å². The Morgan fingerprint density at radius 3 is 2.33 bits per heavy atom. The van der Waals surface area contributed by atoms with Gasteiger partial charge in [-0.15, -0.1) is 0 Å².